The van der Waals surface area contributed by atoms with Crippen LogP contribution in [0.15, 0.2) is 36.4 Å². The van der Waals surface area contributed by atoms with Gasteiger partial charge in [-0.2, -0.15) is 0 Å². The second kappa shape index (κ2) is 5.34. The number of benzene rings is 1. The van der Waals surface area contributed by atoms with Crippen molar-refractivity contribution in [3.8, 4) is 11.6 Å². The van der Waals surface area contributed by atoms with Crippen LogP contribution in [0, 0.1) is 5.82 Å². The zero-order valence-electron chi connectivity index (χ0n) is 8.66. The summed E-state index contributed by atoms with van der Waals surface area (Å²) in [6.07, 6.45) is 0. The number of rotatable bonds is 3. The summed E-state index contributed by atoms with van der Waals surface area (Å²) in [6, 6.07) is 9.65. The fourth-order valence-electron chi connectivity index (χ4n) is 1.26. The van der Waals surface area contributed by atoms with Crippen LogP contribution in [0.5, 0.6) is 11.6 Å². The van der Waals surface area contributed by atoms with Gasteiger partial charge in [-0.1, -0.05) is 23.7 Å². The Labute approximate surface area is 108 Å². The third-order valence-electron chi connectivity index (χ3n) is 2.05. The summed E-state index contributed by atoms with van der Waals surface area (Å²) in [5, 5.41) is 0.0102. The van der Waals surface area contributed by atoms with E-state index in [1.165, 1.54) is 12.1 Å². The Kier molecular flexibility index (Phi) is 3.82. The molecule has 0 saturated carbocycles. The second-order valence-electron chi connectivity index (χ2n) is 3.25. The summed E-state index contributed by atoms with van der Waals surface area (Å²) in [5.74, 6) is -0.0110. The molecule has 0 bridgehead atoms. The normalized spacial score (nSPS) is 10.3. The maximum absolute atomic E-state index is 13.6. The lowest BCUT2D eigenvalue weighted by molar-refractivity contribution is 0.426. The molecule has 0 aliphatic carbocycles. The van der Waals surface area contributed by atoms with Crippen molar-refractivity contribution in [2.24, 2.45) is 0 Å². The van der Waals surface area contributed by atoms with Crippen LogP contribution in [-0.2, 0) is 5.88 Å². The Morgan fingerprint density at radius 3 is 2.71 bits per heavy atom. The molecule has 1 heterocycles. The molecule has 0 aliphatic rings. The molecule has 2 aromatic rings. The first-order valence-electron chi connectivity index (χ1n) is 4.84. The molecule has 5 heteroatoms. The quantitative estimate of drug-likeness (QED) is 0.772. The highest BCUT2D eigenvalue weighted by Crippen LogP contribution is 2.27. The smallest absolute Gasteiger partial charge is 0.219 e. The van der Waals surface area contributed by atoms with E-state index in [9.17, 15) is 4.39 Å². The molecular formula is C12H8Cl2FNO. The Bertz CT molecular complexity index is 534. The minimum absolute atomic E-state index is 0.0102. The number of pyridine rings is 1. The topological polar surface area (TPSA) is 22.1 Å². The first-order valence-corrected chi connectivity index (χ1v) is 5.75. The number of hydrogen-bond donors (Lipinski definition) is 0. The number of hydrogen-bond acceptors (Lipinski definition) is 2. The Hall–Kier alpha value is -1.32. The molecule has 2 nitrogen and oxygen atoms in total. The first kappa shape index (κ1) is 12.1. The molecule has 0 saturated heterocycles. The van der Waals surface area contributed by atoms with Gasteiger partial charge in [0.1, 0.15) is 0 Å². The molecule has 0 unspecified atom stereocenters. The summed E-state index contributed by atoms with van der Waals surface area (Å²) in [7, 11) is 0. The molecule has 17 heavy (non-hydrogen) atoms. The standard InChI is InChI=1S/C12H8Cl2FNO/c13-7-8-3-1-6-11(16-8)17-10-5-2-4-9(14)12(10)15/h1-6H,7H2. The molecule has 2 rings (SSSR count). The van der Waals surface area contributed by atoms with Crippen LogP contribution < -0.4 is 4.74 Å². The van der Waals surface area contributed by atoms with Crippen molar-refractivity contribution in [1.82, 2.24) is 4.98 Å². The molecule has 0 radical (unpaired) electrons. The van der Waals surface area contributed by atoms with Gasteiger partial charge in [0.25, 0.3) is 0 Å². The average Bonchev–Trinajstić information content (AvgIpc) is 2.35. The van der Waals surface area contributed by atoms with Crippen LogP contribution in [0.25, 0.3) is 0 Å². The summed E-state index contributed by atoms with van der Waals surface area (Å²) in [5.41, 5.74) is 0.659. The van der Waals surface area contributed by atoms with Crippen molar-refractivity contribution in [2.75, 3.05) is 0 Å². The predicted molar refractivity (Wildman–Crippen MR) is 65.3 cm³/mol. The molecule has 0 N–H and O–H groups in total. The summed E-state index contributed by atoms with van der Waals surface area (Å²) in [6.45, 7) is 0. The van der Waals surface area contributed by atoms with Crippen molar-refractivity contribution in [3.63, 3.8) is 0 Å². The van der Waals surface area contributed by atoms with Gasteiger partial charge in [0.15, 0.2) is 11.6 Å². The van der Waals surface area contributed by atoms with Gasteiger partial charge in [-0.15, -0.1) is 11.6 Å². The van der Waals surface area contributed by atoms with Crippen molar-refractivity contribution in [2.45, 2.75) is 5.88 Å². The fourth-order valence-corrected chi connectivity index (χ4v) is 1.58. The largest absolute Gasteiger partial charge is 0.436 e. The maximum Gasteiger partial charge on any atom is 0.219 e. The number of nitrogens with zero attached hydrogens (tertiary/aromatic N) is 1. The van der Waals surface area contributed by atoms with Crippen molar-refractivity contribution < 1.29 is 9.13 Å². The van der Waals surface area contributed by atoms with Crippen LogP contribution in [-0.4, -0.2) is 4.98 Å². The number of aromatic nitrogens is 1. The number of ether oxygens (including phenoxy) is 1. The third-order valence-corrected chi connectivity index (χ3v) is 2.61. The van der Waals surface area contributed by atoms with E-state index in [0.29, 0.717) is 5.69 Å². The monoisotopic (exact) mass is 271 g/mol. The molecule has 0 spiro atoms. The highest BCUT2D eigenvalue weighted by molar-refractivity contribution is 6.30. The Morgan fingerprint density at radius 1 is 1.18 bits per heavy atom. The zero-order valence-corrected chi connectivity index (χ0v) is 10.2. The number of alkyl halides is 1. The van der Waals surface area contributed by atoms with Gasteiger partial charge in [-0.05, 0) is 18.2 Å². The van der Waals surface area contributed by atoms with Crippen LogP contribution in [0.4, 0.5) is 4.39 Å². The van der Waals surface area contributed by atoms with Gasteiger partial charge in [0.2, 0.25) is 5.88 Å². The van der Waals surface area contributed by atoms with E-state index in [1.807, 2.05) is 0 Å². The molecule has 1 aromatic carbocycles. The summed E-state index contributed by atoms with van der Waals surface area (Å²) < 4.78 is 18.9. The van der Waals surface area contributed by atoms with Gasteiger partial charge in [-0.25, -0.2) is 9.37 Å². The minimum Gasteiger partial charge on any atom is -0.436 e. The Morgan fingerprint density at radius 2 is 1.94 bits per heavy atom. The maximum atomic E-state index is 13.6. The molecule has 0 amide bonds. The van der Waals surface area contributed by atoms with Gasteiger partial charge in [0.05, 0.1) is 16.6 Å². The van der Waals surface area contributed by atoms with Gasteiger partial charge >= 0.3 is 0 Å². The number of halogens is 3. The highest BCUT2D eigenvalue weighted by atomic mass is 35.5. The highest BCUT2D eigenvalue weighted by Gasteiger charge is 2.09. The molecule has 0 aliphatic heterocycles. The Balaban J connectivity index is 2.28. The summed E-state index contributed by atoms with van der Waals surface area (Å²) >= 11 is 11.3. The molecule has 0 atom stereocenters. The zero-order chi connectivity index (χ0) is 12.3. The predicted octanol–water partition coefficient (Wildman–Crippen LogP) is 4.41. The molecule has 88 valence electrons. The van der Waals surface area contributed by atoms with Crippen LogP contribution in [0.3, 0.4) is 0 Å². The van der Waals surface area contributed by atoms with Crippen molar-refractivity contribution >= 4 is 23.2 Å². The fraction of sp³-hybridized carbons (Fsp3) is 0.0833. The van der Waals surface area contributed by atoms with Gasteiger partial charge in [0, 0.05) is 6.07 Å². The third kappa shape index (κ3) is 2.87. The van der Waals surface area contributed by atoms with E-state index < -0.39 is 5.82 Å². The van der Waals surface area contributed by atoms with Crippen LogP contribution >= 0.6 is 23.2 Å². The van der Waals surface area contributed by atoms with E-state index >= 15 is 0 Å². The molecule has 0 fully saturated rings. The van der Waals surface area contributed by atoms with Crippen LogP contribution in [0.2, 0.25) is 5.02 Å². The van der Waals surface area contributed by atoms with E-state index in [-0.39, 0.29) is 22.5 Å². The average molecular weight is 272 g/mol. The molecular weight excluding hydrogens is 264 g/mol. The lowest BCUT2D eigenvalue weighted by Crippen LogP contribution is -1.93. The van der Waals surface area contributed by atoms with E-state index in [1.54, 1.807) is 24.3 Å². The van der Waals surface area contributed by atoms with Crippen LogP contribution in [0.1, 0.15) is 5.69 Å². The first-order chi connectivity index (χ1) is 8.20. The molecule has 1 aromatic heterocycles. The van der Waals surface area contributed by atoms with E-state index in [2.05, 4.69) is 4.98 Å². The van der Waals surface area contributed by atoms with Gasteiger partial charge < -0.3 is 4.74 Å². The lowest BCUT2D eigenvalue weighted by atomic mass is 10.3. The SMILES string of the molecule is Fc1c(Cl)cccc1Oc1cccc(CCl)n1. The van der Waals surface area contributed by atoms with Crippen molar-refractivity contribution in [1.29, 1.82) is 0 Å². The summed E-state index contributed by atoms with van der Waals surface area (Å²) in [4.78, 5) is 4.09. The van der Waals surface area contributed by atoms with Crippen molar-refractivity contribution in [3.05, 3.63) is 52.9 Å². The second-order valence-corrected chi connectivity index (χ2v) is 3.93. The van der Waals surface area contributed by atoms with E-state index in [4.69, 9.17) is 27.9 Å². The van der Waals surface area contributed by atoms with Gasteiger partial charge in [-0.3, -0.25) is 0 Å². The lowest BCUT2D eigenvalue weighted by Gasteiger charge is -2.07. The van der Waals surface area contributed by atoms with E-state index in [0.717, 1.165) is 0 Å². The minimum atomic E-state index is -0.604.